The van der Waals surface area contributed by atoms with Gasteiger partial charge in [-0.05, 0) is 25.1 Å². The molecule has 25 heavy (non-hydrogen) atoms. The summed E-state index contributed by atoms with van der Waals surface area (Å²) in [6, 6.07) is 9.80. The van der Waals surface area contributed by atoms with Gasteiger partial charge in [-0.1, -0.05) is 17.3 Å². The van der Waals surface area contributed by atoms with Crippen molar-refractivity contribution in [1.29, 1.82) is 0 Å². The Kier molecular flexibility index (Phi) is 3.72. The fraction of sp³-hybridized carbons (Fsp3) is 0.294. The van der Waals surface area contributed by atoms with Crippen molar-refractivity contribution < 1.29 is 9.53 Å². The van der Waals surface area contributed by atoms with E-state index < -0.39 is 0 Å². The molecule has 0 saturated carbocycles. The number of hydrogen-bond acceptors (Lipinski definition) is 5. The summed E-state index contributed by atoms with van der Waals surface area (Å²) < 4.78 is 8.92. The average Bonchev–Trinajstić information content (AvgIpc) is 3.31. The molecule has 1 unspecified atom stereocenters. The molecule has 1 atom stereocenters. The lowest BCUT2D eigenvalue weighted by molar-refractivity contribution is 0.129. The van der Waals surface area contributed by atoms with Crippen molar-refractivity contribution in [2.24, 2.45) is 7.05 Å². The molecule has 0 bridgehead atoms. The molecule has 4 rings (SSSR count). The van der Waals surface area contributed by atoms with E-state index in [4.69, 9.17) is 4.74 Å². The molecule has 0 radical (unpaired) electrons. The first kappa shape index (κ1) is 15.4. The first-order valence-corrected chi connectivity index (χ1v) is 8.03. The monoisotopic (exact) mass is 338 g/mol. The molecule has 0 spiro atoms. The van der Waals surface area contributed by atoms with Crippen molar-refractivity contribution in [3.63, 3.8) is 0 Å². The second kappa shape index (κ2) is 6.04. The second-order valence-corrected chi connectivity index (χ2v) is 6.08. The van der Waals surface area contributed by atoms with Gasteiger partial charge in [-0.25, -0.2) is 9.48 Å². The van der Waals surface area contributed by atoms with E-state index in [2.05, 4.69) is 15.4 Å². The van der Waals surface area contributed by atoms with Crippen LogP contribution in [0.1, 0.15) is 5.69 Å². The largest absolute Gasteiger partial charge is 0.442 e. The number of carbonyl (C=O) groups is 1. The number of cyclic esters (lactones) is 1. The maximum Gasteiger partial charge on any atom is 0.414 e. The predicted octanol–water partition coefficient (Wildman–Crippen LogP) is 2.01. The Morgan fingerprint density at radius 2 is 2.08 bits per heavy atom. The summed E-state index contributed by atoms with van der Waals surface area (Å²) >= 11 is 0. The topological polar surface area (TPSA) is 78.1 Å². The number of anilines is 1. The van der Waals surface area contributed by atoms with Crippen LogP contribution in [0, 0.1) is 6.92 Å². The van der Waals surface area contributed by atoms with Gasteiger partial charge in [-0.15, -0.1) is 5.10 Å². The summed E-state index contributed by atoms with van der Waals surface area (Å²) in [6.07, 6.45) is 2.77. The van der Waals surface area contributed by atoms with Crippen LogP contribution in [0.2, 0.25) is 0 Å². The number of aryl methyl sites for hydroxylation is 2. The summed E-state index contributed by atoms with van der Waals surface area (Å²) in [4.78, 5) is 13.8. The van der Waals surface area contributed by atoms with Crippen LogP contribution < -0.4 is 4.90 Å². The van der Waals surface area contributed by atoms with Crippen LogP contribution in [0.25, 0.3) is 11.3 Å². The molecule has 8 nitrogen and oxygen atoms in total. The van der Waals surface area contributed by atoms with Gasteiger partial charge in [0.1, 0.15) is 6.10 Å². The van der Waals surface area contributed by atoms with Gasteiger partial charge in [0.05, 0.1) is 25.0 Å². The zero-order valence-corrected chi connectivity index (χ0v) is 14.0. The molecule has 1 fully saturated rings. The minimum atomic E-state index is -0.341. The molecule has 1 saturated heterocycles. The number of rotatable bonds is 4. The summed E-state index contributed by atoms with van der Waals surface area (Å²) in [5.41, 5.74) is 3.83. The van der Waals surface area contributed by atoms with Crippen molar-refractivity contribution in [3.05, 3.63) is 48.4 Å². The maximum atomic E-state index is 12.2. The SMILES string of the molecule is Cc1cc(-c2ccc(N3CC(Cn4ccnn4)OC3=O)cc2)nn1C. The summed E-state index contributed by atoms with van der Waals surface area (Å²) in [5.74, 6) is 0. The second-order valence-electron chi connectivity index (χ2n) is 6.08. The molecular formula is C17H18N6O2. The fourth-order valence-electron chi connectivity index (χ4n) is 2.88. The molecule has 128 valence electrons. The van der Waals surface area contributed by atoms with Crippen molar-refractivity contribution >= 4 is 11.8 Å². The normalized spacial score (nSPS) is 17.1. The number of benzene rings is 1. The molecule has 3 heterocycles. The highest BCUT2D eigenvalue weighted by Crippen LogP contribution is 2.26. The smallest absolute Gasteiger partial charge is 0.414 e. The Hall–Kier alpha value is -3.16. The van der Waals surface area contributed by atoms with E-state index in [-0.39, 0.29) is 12.2 Å². The highest BCUT2D eigenvalue weighted by atomic mass is 16.6. The maximum absolute atomic E-state index is 12.2. The number of ether oxygens (including phenoxy) is 1. The highest BCUT2D eigenvalue weighted by Gasteiger charge is 2.32. The Labute approximate surface area is 144 Å². The van der Waals surface area contributed by atoms with Crippen LogP contribution in [-0.2, 0) is 18.3 Å². The number of carbonyl (C=O) groups excluding carboxylic acids is 1. The third-order valence-corrected chi connectivity index (χ3v) is 4.33. The van der Waals surface area contributed by atoms with E-state index in [0.29, 0.717) is 13.1 Å². The van der Waals surface area contributed by atoms with Gasteiger partial charge in [0.25, 0.3) is 0 Å². The number of hydrogen-bond donors (Lipinski definition) is 0. The summed E-state index contributed by atoms with van der Waals surface area (Å²) in [5, 5.41) is 12.1. The molecular weight excluding hydrogens is 320 g/mol. The van der Waals surface area contributed by atoms with E-state index in [9.17, 15) is 4.79 Å². The molecule has 1 aliphatic heterocycles. The lowest BCUT2D eigenvalue weighted by atomic mass is 10.1. The summed E-state index contributed by atoms with van der Waals surface area (Å²) in [7, 11) is 1.92. The van der Waals surface area contributed by atoms with Gasteiger partial charge in [-0.2, -0.15) is 5.10 Å². The first-order valence-electron chi connectivity index (χ1n) is 8.03. The fourth-order valence-corrected chi connectivity index (χ4v) is 2.88. The van der Waals surface area contributed by atoms with Gasteiger partial charge in [-0.3, -0.25) is 9.58 Å². The quantitative estimate of drug-likeness (QED) is 0.727. The predicted molar refractivity (Wildman–Crippen MR) is 91.0 cm³/mol. The van der Waals surface area contributed by atoms with Crippen LogP contribution in [0.5, 0.6) is 0 Å². The highest BCUT2D eigenvalue weighted by molar-refractivity contribution is 5.90. The molecule has 8 heteroatoms. The van der Waals surface area contributed by atoms with E-state index in [1.165, 1.54) is 0 Å². The van der Waals surface area contributed by atoms with Crippen LogP contribution in [-0.4, -0.2) is 43.5 Å². The molecule has 1 aliphatic rings. The van der Waals surface area contributed by atoms with E-state index >= 15 is 0 Å². The van der Waals surface area contributed by atoms with E-state index in [1.807, 2.05) is 49.0 Å². The van der Waals surface area contributed by atoms with Crippen LogP contribution in [0.4, 0.5) is 10.5 Å². The Bertz CT molecular complexity index is 865. The third kappa shape index (κ3) is 2.98. The molecule has 1 aromatic carbocycles. The summed E-state index contributed by atoms with van der Waals surface area (Å²) in [6.45, 7) is 2.99. The van der Waals surface area contributed by atoms with Gasteiger partial charge < -0.3 is 4.74 Å². The standard InChI is InChI=1S/C17H18N6O2/c1-12-9-16(19-21(12)2)13-3-5-14(6-4-13)23-11-15(25-17(23)24)10-22-8-7-18-20-22/h3-9,15H,10-11H2,1-2H3. The van der Waals surface area contributed by atoms with Crippen molar-refractivity contribution in [2.75, 3.05) is 11.4 Å². The van der Waals surface area contributed by atoms with Crippen LogP contribution in [0.3, 0.4) is 0 Å². The Morgan fingerprint density at radius 3 is 2.72 bits per heavy atom. The lowest BCUT2D eigenvalue weighted by Crippen LogP contribution is -2.26. The average molecular weight is 338 g/mol. The number of amides is 1. The molecule has 3 aromatic rings. The van der Waals surface area contributed by atoms with Crippen molar-refractivity contribution in [2.45, 2.75) is 19.6 Å². The molecule has 0 aliphatic carbocycles. The zero-order chi connectivity index (χ0) is 17.4. The van der Waals surface area contributed by atoms with Gasteiger partial charge in [0.15, 0.2) is 0 Å². The Morgan fingerprint density at radius 1 is 1.28 bits per heavy atom. The number of nitrogens with zero attached hydrogens (tertiary/aromatic N) is 6. The van der Waals surface area contributed by atoms with E-state index in [0.717, 1.165) is 22.6 Å². The van der Waals surface area contributed by atoms with Crippen LogP contribution in [0.15, 0.2) is 42.7 Å². The van der Waals surface area contributed by atoms with Gasteiger partial charge >= 0.3 is 6.09 Å². The Balaban J connectivity index is 1.49. The van der Waals surface area contributed by atoms with Crippen LogP contribution >= 0.6 is 0 Å². The molecule has 1 amide bonds. The van der Waals surface area contributed by atoms with Gasteiger partial charge in [0, 0.05) is 30.2 Å². The van der Waals surface area contributed by atoms with E-state index in [1.54, 1.807) is 22.0 Å². The molecule has 0 N–H and O–H groups in total. The molecule has 2 aromatic heterocycles. The third-order valence-electron chi connectivity index (χ3n) is 4.33. The zero-order valence-electron chi connectivity index (χ0n) is 14.0. The van der Waals surface area contributed by atoms with Gasteiger partial charge in [0.2, 0.25) is 0 Å². The minimum Gasteiger partial charge on any atom is -0.442 e. The van der Waals surface area contributed by atoms with Crippen molar-refractivity contribution in [1.82, 2.24) is 24.8 Å². The first-order chi connectivity index (χ1) is 12.1. The lowest BCUT2D eigenvalue weighted by Gasteiger charge is -2.13. The van der Waals surface area contributed by atoms with Crippen molar-refractivity contribution in [3.8, 4) is 11.3 Å². The number of aromatic nitrogens is 5. The minimum absolute atomic E-state index is 0.243.